The Bertz CT molecular complexity index is 946. The number of pyridine rings is 2. The van der Waals surface area contributed by atoms with E-state index in [-0.39, 0.29) is 5.91 Å². The number of amides is 1. The molecule has 1 fully saturated rings. The molecule has 7 heteroatoms. The first-order valence-electron chi connectivity index (χ1n) is 8.78. The number of hydrogen-bond donors (Lipinski definition) is 1. The first-order valence-corrected chi connectivity index (χ1v) is 9.16. The molecule has 1 aliphatic heterocycles. The molecule has 1 amide bonds. The zero-order valence-corrected chi connectivity index (χ0v) is 15.3. The fourth-order valence-electron chi connectivity index (χ4n) is 3.35. The second-order valence-electron chi connectivity index (χ2n) is 6.35. The van der Waals surface area contributed by atoms with Crippen LogP contribution in [0.2, 0.25) is 5.02 Å². The zero-order valence-electron chi connectivity index (χ0n) is 14.6. The third-order valence-corrected chi connectivity index (χ3v) is 4.97. The number of anilines is 1. The van der Waals surface area contributed by atoms with Gasteiger partial charge in [0, 0.05) is 55.9 Å². The van der Waals surface area contributed by atoms with Crippen LogP contribution in [-0.2, 0) is 4.79 Å². The van der Waals surface area contributed by atoms with Crippen molar-refractivity contribution in [2.45, 2.75) is 13.3 Å². The van der Waals surface area contributed by atoms with Crippen molar-refractivity contribution < 1.29 is 4.79 Å². The van der Waals surface area contributed by atoms with Crippen molar-refractivity contribution in [3.63, 3.8) is 0 Å². The largest absolute Gasteiger partial charge is 0.353 e. The molecule has 0 aromatic carbocycles. The Morgan fingerprint density at radius 3 is 2.85 bits per heavy atom. The molecule has 0 saturated carbocycles. The molecular weight excluding hydrogens is 350 g/mol. The smallest absolute Gasteiger partial charge is 0.222 e. The SMILES string of the molecule is CCC(=O)N1CCN(c2cccc(-c3c[nH]c4ncc(Cl)cc34)n2)CC1. The monoisotopic (exact) mass is 369 g/mol. The second-order valence-corrected chi connectivity index (χ2v) is 6.79. The van der Waals surface area contributed by atoms with Crippen LogP contribution in [0.3, 0.4) is 0 Å². The topological polar surface area (TPSA) is 65.1 Å². The van der Waals surface area contributed by atoms with Crippen LogP contribution >= 0.6 is 11.6 Å². The van der Waals surface area contributed by atoms with Gasteiger partial charge in [0.1, 0.15) is 11.5 Å². The lowest BCUT2D eigenvalue weighted by molar-refractivity contribution is -0.131. The molecule has 1 N–H and O–H groups in total. The molecule has 0 unspecified atom stereocenters. The first kappa shape index (κ1) is 16.8. The maximum absolute atomic E-state index is 11.8. The van der Waals surface area contributed by atoms with Crippen LogP contribution in [0.25, 0.3) is 22.3 Å². The van der Waals surface area contributed by atoms with E-state index >= 15 is 0 Å². The molecular formula is C19H20ClN5O. The Hall–Kier alpha value is -2.60. The van der Waals surface area contributed by atoms with Gasteiger partial charge in [0.2, 0.25) is 5.91 Å². The summed E-state index contributed by atoms with van der Waals surface area (Å²) in [4.78, 5) is 28.3. The number of H-pyrrole nitrogens is 1. The summed E-state index contributed by atoms with van der Waals surface area (Å²) in [6, 6.07) is 7.92. The van der Waals surface area contributed by atoms with Crippen molar-refractivity contribution in [3.8, 4) is 11.3 Å². The van der Waals surface area contributed by atoms with Crippen molar-refractivity contribution in [3.05, 3.63) is 41.7 Å². The van der Waals surface area contributed by atoms with Crippen molar-refractivity contribution in [1.82, 2.24) is 19.9 Å². The molecule has 134 valence electrons. The summed E-state index contributed by atoms with van der Waals surface area (Å²) in [5, 5.41) is 1.56. The number of carbonyl (C=O) groups excluding carboxylic acids is 1. The number of nitrogens with one attached hydrogen (secondary N) is 1. The minimum Gasteiger partial charge on any atom is -0.353 e. The average Bonchev–Trinajstić information content (AvgIpc) is 3.10. The lowest BCUT2D eigenvalue weighted by Gasteiger charge is -2.35. The molecule has 0 bridgehead atoms. The van der Waals surface area contributed by atoms with Gasteiger partial charge in [-0.1, -0.05) is 24.6 Å². The van der Waals surface area contributed by atoms with Gasteiger partial charge in [-0.25, -0.2) is 9.97 Å². The van der Waals surface area contributed by atoms with Gasteiger partial charge in [0.15, 0.2) is 0 Å². The van der Waals surface area contributed by atoms with Crippen LogP contribution < -0.4 is 4.90 Å². The molecule has 6 nitrogen and oxygen atoms in total. The van der Waals surface area contributed by atoms with E-state index in [4.69, 9.17) is 16.6 Å². The van der Waals surface area contributed by atoms with Gasteiger partial charge < -0.3 is 14.8 Å². The Labute approximate surface area is 156 Å². The number of halogens is 1. The van der Waals surface area contributed by atoms with Gasteiger partial charge in [0.05, 0.1) is 10.7 Å². The molecule has 3 aromatic rings. The lowest BCUT2D eigenvalue weighted by Crippen LogP contribution is -2.48. The van der Waals surface area contributed by atoms with Gasteiger partial charge >= 0.3 is 0 Å². The third kappa shape index (κ3) is 3.12. The van der Waals surface area contributed by atoms with Gasteiger partial charge in [-0.3, -0.25) is 4.79 Å². The van der Waals surface area contributed by atoms with Crippen molar-refractivity contribution in [1.29, 1.82) is 0 Å². The lowest BCUT2D eigenvalue weighted by atomic mass is 10.1. The predicted octanol–water partition coefficient (Wildman–Crippen LogP) is 3.34. The molecule has 0 atom stereocenters. The van der Waals surface area contributed by atoms with E-state index in [9.17, 15) is 4.79 Å². The van der Waals surface area contributed by atoms with E-state index in [1.54, 1.807) is 6.20 Å². The van der Waals surface area contributed by atoms with Crippen molar-refractivity contribution >= 4 is 34.4 Å². The summed E-state index contributed by atoms with van der Waals surface area (Å²) >= 11 is 6.10. The highest BCUT2D eigenvalue weighted by atomic mass is 35.5. The molecule has 3 aromatic heterocycles. The molecule has 4 heterocycles. The maximum Gasteiger partial charge on any atom is 0.222 e. The quantitative estimate of drug-likeness (QED) is 0.769. The molecule has 4 rings (SSSR count). The van der Waals surface area contributed by atoms with Crippen LogP contribution in [0, 0.1) is 0 Å². The molecule has 1 saturated heterocycles. The normalized spacial score (nSPS) is 14.8. The van der Waals surface area contributed by atoms with Crippen molar-refractivity contribution in [2.24, 2.45) is 0 Å². The number of aromatic amines is 1. The number of fused-ring (bicyclic) bond motifs is 1. The highest BCUT2D eigenvalue weighted by molar-refractivity contribution is 6.31. The summed E-state index contributed by atoms with van der Waals surface area (Å²) in [5.74, 6) is 1.14. The Morgan fingerprint density at radius 2 is 2.08 bits per heavy atom. The predicted molar refractivity (Wildman–Crippen MR) is 103 cm³/mol. The van der Waals surface area contributed by atoms with Gasteiger partial charge in [-0.15, -0.1) is 0 Å². The van der Waals surface area contributed by atoms with E-state index in [0.29, 0.717) is 11.4 Å². The van der Waals surface area contributed by atoms with E-state index < -0.39 is 0 Å². The van der Waals surface area contributed by atoms with Gasteiger partial charge in [-0.2, -0.15) is 0 Å². The van der Waals surface area contributed by atoms with Gasteiger partial charge in [-0.05, 0) is 18.2 Å². The number of piperazine rings is 1. The van der Waals surface area contributed by atoms with E-state index in [2.05, 4.69) is 14.9 Å². The molecule has 0 aliphatic carbocycles. The van der Waals surface area contributed by atoms with Crippen molar-refractivity contribution in [2.75, 3.05) is 31.1 Å². The standard InChI is InChI=1S/C19H20ClN5O/c1-2-18(26)25-8-6-24(7-9-25)17-5-3-4-16(23-17)15-12-22-19-14(15)10-13(20)11-21-19/h3-5,10-12H,2,6-9H2,1H3,(H,21,22). The zero-order chi connectivity index (χ0) is 18.1. The minimum absolute atomic E-state index is 0.217. The maximum atomic E-state index is 11.8. The van der Waals surface area contributed by atoms with E-state index in [1.165, 1.54) is 0 Å². The number of nitrogens with zero attached hydrogens (tertiary/aromatic N) is 4. The summed E-state index contributed by atoms with van der Waals surface area (Å²) in [6.07, 6.45) is 4.11. The highest BCUT2D eigenvalue weighted by Gasteiger charge is 2.21. The highest BCUT2D eigenvalue weighted by Crippen LogP contribution is 2.29. The molecule has 1 aliphatic rings. The summed E-state index contributed by atoms with van der Waals surface area (Å²) < 4.78 is 0. The van der Waals surface area contributed by atoms with Gasteiger partial charge in [0.25, 0.3) is 0 Å². The Balaban J connectivity index is 1.59. The third-order valence-electron chi connectivity index (χ3n) is 4.77. The van der Waals surface area contributed by atoms with Crippen LogP contribution in [-0.4, -0.2) is 51.9 Å². The van der Waals surface area contributed by atoms with Crippen LogP contribution in [0.15, 0.2) is 36.7 Å². The second kappa shape index (κ2) is 6.96. The van der Waals surface area contributed by atoms with Crippen LogP contribution in [0.4, 0.5) is 5.82 Å². The average molecular weight is 370 g/mol. The summed E-state index contributed by atoms with van der Waals surface area (Å²) in [5.41, 5.74) is 2.66. The Kier molecular flexibility index (Phi) is 4.51. The summed E-state index contributed by atoms with van der Waals surface area (Å²) in [6.45, 7) is 4.98. The number of aromatic nitrogens is 3. The van der Waals surface area contributed by atoms with Crippen LogP contribution in [0.1, 0.15) is 13.3 Å². The van der Waals surface area contributed by atoms with E-state index in [1.807, 2.05) is 42.3 Å². The van der Waals surface area contributed by atoms with Crippen LogP contribution in [0.5, 0.6) is 0 Å². The number of hydrogen-bond acceptors (Lipinski definition) is 4. The number of carbonyl (C=O) groups is 1. The first-order chi connectivity index (χ1) is 12.7. The summed E-state index contributed by atoms with van der Waals surface area (Å²) in [7, 11) is 0. The number of rotatable bonds is 3. The molecule has 26 heavy (non-hydrogen) atoms. The van der Waals surface area contributed by atoms with E-state index in [0.717, 1.165) is 54.3 Å². The Morgan fingerprint density at radius 1 is 1.27 bits per heavy atom. The minimum atomic E-state index is 0.217. The fourth-order valence-corrected chi connectivity index (χ4v) is 3.51. The molecule has 0 radical (unpaired) electrons. The molecule has 0 spiro atoms. The fraction of sp³-hybridized carbons (Fsp3) is 0.316.